The summed E-state index contributed by atoms with van der Waals surface area (Å²) < 4.78 is 6.60. The van der Waals surface area contributed by atoms with Gasteiger partial charge in [-0.25, -0.2) is 4.79 Å². The fraction of sp³-hybridized carbons (Fsp3) is 0.381. The largest absolute Gasteiger partial charge is 0.383 e. The van der Waals surface area contributed by atoms with Crippen LogP contribution >= 0.6 is 0 Å². The first-order chi connectivity index (χ1) is 15.0. The fourth-order valence-corrected chi connectivity index (χ4v) is 3.17. The van der Waals surface area contributed by atoms with E-state index in [2.05, 4.69) is 15.1 Å². The zero-order valence-corrected chi connectivity index (χ0v) is 17.6. The number of aromatic amines is 1. The highest BCUT2D eigenvalue weighted by Crippen LogP contribution is 2.23. The molecule has 31 heavy (non-hydrogen) atoms. The van der Waals surface area contributed by atoms with Crippen molar-refractivity contribution in [1.82, 2.24) is 19.7 Å². The summed E-state index contributed by atoms with van der Waals surface area (Å²) in [6, 6.07) is 5.02. The Hall–Kier alpha value is -3.69. The number of amides is 1. The van der Waals surface area contributed by atoms with Crippen molar-refractivity contribution in [3.8, 4) is 11.3 Å². The van der Waals surface area contributed by atoms with E-state index >= 15 is 0 Å². The van der Waals surface area contributed by atoms with Gasteiger partial charge < -0.3 is 10.3 Å². The zero-order chi connectivity index (χ0) is 22.4. The Labute approximate surface area is 178 Å². The van der Waals surface area contributed by atoms with E-state index in [0.717, 1.165) is 12.8 Å². The van der Waals surface area contributed by atoms with E-state index in [1.807, 2.05) is 13.8 Å². The molecule has 0 fully saturated rings. The Balaban J connectivity index is 2.03. The summed E-state index contributed by atoms with van der Waals surface area (Å²) in [5, 5.41) is 3.88. The molecule has 3 heterocycles. The number of pyridine rings is 1. The maximum absolute atomic E-state index is 13.3. The summed E-state index contributed by atoms with van der Waals surface area (Å²) in [4.78, 5) is 45.8. The van der Waals surface area contributed by atoms with Crippen LogP contribution in [-0.2, 0) is 6.54 Å². The van der Waals surface area contributed by atoms with Gasteiger partial charge in [0.25, 0.3) is 11.5 Å². The van der Waals surface area contributed by atoms with E-state index in [-0.39, 0.29) is 23.7 Å². The molecule has 0 aliphatic rings. The highest BCUT2D eigenvalue weighted by Gasteiger charge is 2.27. The van der Waals surface area contributed by atoms with Gasteiger partial charge in [-0.15, -0.1) is 0 Å². The van der Waals surface area contributed by atoms with Gasteiger partial charge in [0.15, 0.2) is 17.1 Å². The molecular formula is C21H26N6O4. The molecule has 0 radical (unpaired) electrons. The number of rotatable bonds is 9. The van der Waals surface area contributed by atoms with Gasteiger partial charge in [0.1, 0.15) is 5.82 Å². The highest BCUT2D eigenvalue weighted by atomic mass is 16.5. The number of hydrogen-bond acceptors (Lipinski definition) is 7. The van der Waals surface area contributed by atoms with Crippen LogP contribution in [0, 0.1) is 0 Å². The summed E-state index contributed by atoms with van der Waals surface area (Å²) in [6.45, 7) is 4.53. The van der Waals surface area contributed by atoms with Gasteiger partial charge in [-0.2, -0.15) is 0 Å². The first kappa shape index (κ1) is 22.0. The van der Waals surface area contributed by atoms with E-state index in [0.29, 0.717) is 30.7 Å². The minimum Gasteiger partial charge on any atom is -0.383 e. The lowest BCUT2D eigenvalue weighted by molar-refractivity contribution is 0.0977. The maximum atomic E-state index is 13.3. The molecule has 0 aromatic carbocycles. The van der Waals surface area contributed by atoms with Gasteiger partial charge in [0.05, 0.1) is 0 Å². The molecule has 3 aromatic heterocycles. The summed E-state index contributed by atoms with van der Waals surface area (Å²) in [5.74, 6) is -0.199. The number of anilines is 2. The van der Waals surface area contributed by atoms with Gasteiger partial charge in [0.2, 0.25) is 0 Å². The first-order valence-electron chi connectivity index (χ1n) is 10.3. The number of unbranched alkanes of at least 4 members (excludes halogenated alkanes) is 2. The number of carbonyl (C=O) groups excluding carboxylic acids is 1. The lowest BCUT2D eigenvalue weighted by Gasteiger charge is -2.23. The van der Waals surface area contributed by atoms with E-state index in [1.54, 1.807) is 24.5 Å². The molecule has 0 aliphatic heterocycles. The molecule has 3 N–H and O–H groups in total. The summed E-state index contributed by atoms with van der Waals surface area (Å²) in [6.07, 6.45) is 6.19. The number of nitrogen functional groups attached to an aromatic ring is 1. The van der Waals surface area contributed by atoms with Crippen molar-refractivity contribution in [2.75, 3.05) is 17.2 Å². The Kier molecular flexibility index (Phi) is 7.01. The molecule has 3 aromatic rings. The molecule has 10 heteroatoms. The molecular weight excluding hydrogens is 400 g/mol. The maximum Gasteiger partial charge on any atom is 0.330 e. The molecule has 0 bridgehead atoms. The van der Waals surface area contributed by atoms with Crippen LogP contribution in [-0.4, -0.2) is 32.1 Å². The van der Waals surface area contributed by atoms with E-state index in [4.69, 9.17) is 10.3 Å². The smallest absolute Gasteiger partial charge is 0.330 e. The number of H-pyrrole nitrogens is 1. The molecule has 10 nitrogen and oxygen atoms in total. The number of carbonyl (C=O) groups is 1. The Morgan fingerprint density at radius 1 is 1.26 bits per heavy atom. The van der Waals surface area contributed by atoms with Crippen LogP contribution in [0.5, 0.6) is 0 Å². The molecule has 0 saturated heterocycles. The van der Waals surface area contributed by atoms with Crippen LogP contribution < -0.4 is 21.9 Å². The van der Waals surface area contributed by atoms with E-state index in [9.17, 15) is 14.4 Å². The second-order valence-electron chi connectivity index (χ2n) is 7.13. The Morgan fingerprint density at radius 2 is 2.03 bits per heavy atom. The summed E-state index contributed by atoms with van der Waals surface area (Å²) in [7, 11) is 0. The second-order valence-corrected chi connectivity index (χ2v) is 7.13. The Bertz CT molecular complexity index is 1150. The first-order valence-corrected chi connectivity index (χ1v) is 10.3. The van der Waals surface area contributed by atoms with E-state index < -0.39 is 17.2 Å². The zero-order valence-electron chi connectivity index (χ0n) is 17.6. The third kappa shape index (κ3) is 4.73. The molecule has 1 amide bonds. The molecule has 3 rings (SSSR count). The number of nitrogens with two attached hydrogens (primary N) is 1. The van der Waals surface area contributed by atoms with Crippen molar-refractivity contribution >= 4 is 17.4 Å². The van der Waals surface area contributed by atoms with Crippen molar-refractivity contribution in [2.24, 2.45) is 0 Å². The second kappa shape index (κ2) is 9.88. The van der Waals surface area contributed by atoms with Crippen molar-refractivity contribution in [3.05, 3.63) is 57.1 Å². The average molecular weight is 426 g/mol. The van der Waals surface area contributed by atoms with Crippen LogP contribution in [0.15, 0.2) is 44.7 Å². The lowest BCUT2D eigenvalue weighted by atomic mass is 10.2. The van der Waals surface area contributed by atoms with Gasteiger partial charge >= 0.3 is 5.69 Å². The minimum atomic E-state index is -0.712. The fourth-order valence-electron chi connectivity index (χ4n) is 3.17. The third-order valence-corrected chi connectivity index (χ3v) is 4.88. The van der Waals surface area contributed by atoms with Crippen molar-refractivity contribution < 1.29 is 9.32 Å². The highest BCUT2D eigenvalue weighted by molar-refractivity contribution is 6.06. The number of nitrogens with one attached hydrogen (secondary N) is 1. The summed E-state index contributed by atoms with van der Waals surface area (Å²) in [5.41, 5.74) is 5.54. The molecule has 164 valence electrons. The van der Waals surface area contributed by atoms with Gasteiger partial charge in [-0.1, -0.05) is 31.8 Å². The normalized spacial score (nSPS) is 10.9. The van der Waals surface area contributed by atoms with Crippen LogP contribution in [0.2, 0.25) is 0 Å². The quantitative estimate of drug-likeness (QED) is 0.535. The van der Waals surface area contributed by atoms with E-state index in [1.165, 1.54) is 15.5 Å². The predicted molar refractivity (Wildman–Crippen MR) is 117 cm³/mol. The number of aromatic nitrogens is 4. The monoisotopic (exact) mass is 426 g/mol. The van der Waals surface area contributed by atoms with Gasteiger partial charge in [-0.05, 0) is 25.0 Å². The number of hydrogen-bond donors (Lipinski definition) is 2. The average Bonchev–Trinajstić information content (AvgIpc) is 3.26. The minimum absolute atomic E-state index is 0.0278. The lowest BCUT2D eigenvalue weighted by Crippen LogP contribution is -2.41. The van der Waals surface area contributed by atoms with Crippen LogP contribution in [0.25, 0.3) is 11.3 Å². The molecule has 0 unspecified atom stereocenters. The third-order valence-electron chi connectivity index (χ3n) is 4.88. The Morgan fingerprint density at radius 3 is 2.71 bits per heavy atom. The molecule has 0 spiro atoms. The van der Waals surface area contributed by atoms with Crippen molar-refractivity contribution in [3.63, 3.8) is 0 Å². The standard InChI is InChI=1S/C21H26N6O4/c1-3-5-10-26(17-18(22)27(11-6-4-2)21(30)24-19(17)28)20(29)15-12-16(31-25-15)14-8-7-9-23-13-14/h7-9,12-13H,3-6,10-11,22H2,1-2H3,(H,24,28,30). The topological polar surface area (TPSA) is 140 Å². The molecule has 0 aliphatic carbocycles. The van der Waals surface area contributed by atoms with Crippen LogP contribution in [0.3, 0.4) is 0 Å². The SMILES string of the molecule is CCCCN(C(=O)c1cc(-c2cccnc2)on1)c1c(N)n(CCCC)c(=O)[nH]c1=O. The van der Waals surface area contributed by atoms with Gasteiger partial charge in [-0.3, -0.25) is 29.0 Å². The summed E-state index contributed by atoms with van der Waals surface area (Å²) >= 11 is 0. The number of nitrogens with zero attached hydrogens (tertiary/aromatic N) is 4. The van der Waals surface area contributed by atoms with Crippen LogP contribution in [0.4, 0.5) is 11.5 Å². The molecule has 0 saturated carbocycles. The van der Waals surface area contributed by atoms with Crippen LogP contribution in [0.1, 0.15) is 50.0 Å². The van der Waals surface area contributed by atoms with Crippen molar-refractivity contribution in [2.45, 2.75) is 46.1 Å². The van der Waals surface area contributed by atoms with Gasteiger partial charge in [0, 0.05) is 37.1 Å². The molecule has 0 atom stereocenters. The predicted octanol–water partition coefficient (Wildman–Crippen LogP) is 2.42. The van der Waals surface area contributed by atoms with Crippen molar-refractivity contribution in [1.29, 1.82) is 0 Å².